The van der Waals surface area contributed by atoms with Gasteiger partial charge in [-0.3, -0.25) is 0 Å². The van der Waals surface area contributed by atoms with E-state index in [0.717, 1.165) is 10.2 Å². The largest absolute Gasteiger partial charge is 0.482 e. The van der Waals surface area contributed by atoms with Crippen LogP contribution in [-0.4, -0.2) is 19.1 Å². The van der Waals surface area contributed by atoms with Crippen LogP contribution in [0.3, 0.4) is 0 Å². The van der Waals surface area contributed by atoms with Crippen molar-refractivity contribution in [1.29, 1.82) is 5.26 Å². The summed E-state index contributed by atoms with van der Waals surface area (Å²) in [7, 11) is 3.78. The predicted octanol–water partition coefficient (Wildman–Crippen LogP) is 4.16. The van der Waals surface area contributed by atoms with E-state index in [0.29, 0.717) is 21.9 Å². The normalized spacial score (nSPS) is 11.7. The second-order valence-electron chi connectivity index (χ2n) is 5.16. The Bertz CT molecular complexity index is 773. The maximum absolute atomic E-state index is 9.36. The fraction of sp³-hybridized carbons (Fsp3) is 0.250. The van der Waals surface area contributed by atoms with Crippen molar-refractivity contribution in [2.24, 2.45) is 0 Å². The standard InChI is InChI=1S/C16H16BrClN4O/c1-9(23-13-6-11(17)8-21-16(13)20)14-10(7-19)4-5-12(15(14)18)22(2)3/h4-6,8-9H,1-3H3,(H2,20,21). The highest BCUT2D eigenvalue weighted by Gasteiger charge is 2.21. The van der Waals surface area contributed by atoms with Crippen LogP contribution in [0, 0.1) is 11.3 Å². The van der Waals surface area contributed by atoms with Crippen LogP contribution in [0.1, 0.15) is 24.2 Å². The lowest BCUT2D eigenvalue weighted by atomic mass is 10.0. The molecule has 1 atom stereocenters. The fourth-order valence-corrected chi connectivity index (χ4v) is 2.99. The summed E-state index contributed by atoms with van der Waals surface area (Å²) in [4.78, 5) is 5.92. The number of aromatic nitrogens is 1. The maximum atomic E-state index is 9.36. The first-order valence-corrected chi connectivity index (χ1v) is 7.99. The van der Waals surface area contributed by atoms with E-state index in [2.05, 4.69) is 27.0 Å². The van der Waals surface area contributed by atoms with E-state index in [1.54, 1.807) is 18.3 Å². The van der Waals surface area contributed by atoms with Gasteiger partial charge in [-0.2, -0.15) is 5.26 Å². The number of nitriles is 1. The number of rotatable bonds is 4. The average Bonchev–Trinajstić information content (AvgIpc) is 2.49. The summed E-state index contributed by atoms with van der Waals surface area (Å²) in [5.74, 6) is 0.709. The quantitative estimate of drug-likeness (QED) is 0.841. The molecule has 0 saturated heterocycles. The Balaban J connectivity index is 2.46. The molecule has 0 fully saturated rings. The van der Waals surface area contributed by atoms with Gasteiger partial charge < -0.3 is 15.4 Å². The molecule has 23 heavy (non-hydrogen) atoms. The number of halogens is 2. The summed E-state index contributed by atoms with van der Waals surface area (Å²) in [6, 6.07) is 7.43. The lowest BCUT2D eigenvalue weighted by molar-refractivity contribution is 0.227. The molecular weight excluding hydrogens is 380 g/mol. The highest BCUT2D eigenvalue weighted by molar-refractivity contribution is 9.10. The number of nitrogen functional groups attached to an aromatic ring is 1. The zero-order chi connectivity index (χ0) is 17.1. The van der Waals surface area contributed by atoms with E-state index >= 15 is 0 Å². The SMILES string of the molecule is CC(Oc1cc(Br)cnc1N)c1c(C#N)ccc(N(C)C)c1Cl. The lowest BCUT2D eigenvalue weighted by Gasteiger charge is -2.22. The van der Waals surface area contributed by atoms with E-state index in [9.17, 15) is 5.26 Å². The molecule has 0 spiro atoms. The van der Waals surface area contributed by atoms with Crippen molar-refractivity contribution in [1.82, 2.24) is 4.98 Å². The third-order valence-corrected chi connectivity index (χ3v) is 4.15. The molecule has 1 aromatic heterocycles. The van der Waals surface area contributed by atoms with Crippen LogP contribution in [0.25, 0.3) is 0 Å². The Morgan fingerprint density at radius 1 is 1.43 bits per heavy atom. The van der Waals surface area contributed by atoms with Crippen LogP contribution in [0.5, 0.6) is 5.75 Å². The molecule has 7 heteroatoms. The van der Waals surface area contributed by atoms with Crippen molar-refractivity contribution in [2.75, 3.05) is 24.7 Å². The molecule has 0 aliphatic rings. The molecule has 0 aliphatic heterocycles. The van der Waals surface area contributed by atoms with Gasteiger partial charge in [0.2, 0.25) is 0 Å². The van der Waals surface area contributed by atoms with E-state index < -0.39 is 6.10 Å². The third-order valence-electron chi connectivity index (χ3n) is 3.32. The number of hydrogen-bond donors (Lipinski definition) is 1. The number of hydrogen-bond acceptors (Lipinski definition) is 5. The molecule has 0 amide bonds. The lowest BCUT2D eigenvalue weighted by Crippen LogP contribution is -2.13. The van der Waals surface area contributed by atoms with Crippen LogP contribution in [0.2, 0.25) is 5.02 Å². The minimum Gasteiger partial charge on any atom is -0.482 e. The maximum Gasteiger partial charge on any atom is 0.166 e. The number of pyridine rings is 1. The molecule has 1 heterocycles. The van der Waals surface area contributed by atoms with Gasteiger partial charge in [-0.1, -0.05) is 11.6 Å². The number of ether oxygens (including phenoxy) is 1. The van der Waals surface area contributed by atoms with Crippen molar-refractivity contribution < 1.29 is 4.74 Å². The summed E-state index contributed by atoms with van der Waals surface area (Å²) in [6.45, 7) is 1.82. The Kier molecular flexibility index (Phi) is 5.34. The molecule has 2 rings (SSSR count). The Morgan fingerprint density at radius 2 is 2.13 bits per heavy atom. The van der Waals surface area contributed by atoms with Crippen molar-refractivity contribution in [3.63, 3.8) is 0 Å². The number of benzene rings is 1. The Hall–Kier alpha value is -1.97. The molecular formula is C16H16BrClN4O. The van der Waals surface area contributed by atoms with E-state index in [1.165, 1.54) is 0 Å². The number of nitrogens with two attached hydrogens (primary N) is 1. The zero-order valence-electron chi connectivity index (χ0n) is 13.0. The molecule has 0 bridgehead atoms. The van der Waals surface area contributed by atoms with Gasteiger partial charge >= 0.3 is 0 Å². The molecule has 1 aromatic carbocycles. The summed E-state index contributed by atoms with van der Waals surface area (Å²) in [6.07, 6.45) is 1.13. The van der Waals surface area contributed by atoms with Crippen LogP contribution in [-0.2, 0) is 0 Å². The average molecular weight is 396 g/mol. The molecule has 0 radical (unpaired) electrons. The molecule has 2 N–H and O–H groups in total. The van der Waals surface area contributed by atoms with Gasteiger partial charge in [-0.05, 0) is 41.1 Å². The third kappa shape index (κ3) is 3.69. The minimum absolute atomic E-state index is 0.276. The van der Waals surface area contributed by atoms with Crippen molar-refractivity contribution >= 4 is 39.0 Å². The van der Waals surface area contributed by atoms with Gasteiger partial charge in [0.1, 0.15) is 6.10 Å². The van der Waals surface area contributed by atoms with Gasteiger partial charge in [-0.25, -0.2) is 4.98 Å². The van der Waals surface area contributed by atoms with Gasteiger partial charge in [0.15, 0.2) is 11.6 Å². The van der Waals surface area contributed by atoms with Crippen LogP contribution >= 0.6 is 27.5 Å². The van der Waals surface area contributed by atoms with Crippen molar-refractivity contribution in [2.45, 2.75) is 13.0 Å². The van der Waals surface area contributed by atoms with Crippen molar-refractivity contribution in [3.05, 3.63) is 45.0 Å². The van der Waals surface area contributed by atoms with E-state index in [4.69, 9.17) is 22.1 Å². The first-order chi connectivity index (χ1) is 10.8. The van der Waals surface area contributed by atoms with Crippen molar-refractivity contribution in [3.8, 4) is 11.8 Å². The molecule has 5 nitrogen and oxygen atoms in total. The minimum atomic E-state index is -0.463. The second-order valence-corrected chi connectivity index (χ2v) is 6.46. The molecule has 120 valence electrons. The monoisotopic (exact) mass is 394 g/mol. The van der Waals surface area contributed by atoms with Gasteiger partial charge in [0.25, 0.3) is 0 Å². The van der Waals surface area contributed by atoms with Gasteiger partial charge in [0.05, 0.1) is 22.3 Å². The first kappa shape index (κ1) is 17.4. The summed E-state index contributed by atoms with van der Waals surface area (Å²) < 4.78 is 6.65. The summed E-state index contributed by atoms with van der Waals surface area (Å²) in [5, 5.41) is 9.85. The van der Waals surface area contributed by atoms with Gasteiger partial charge in [0, 0.05) is 30.3 Å². The topological polar surface area (TPSA) is 75.2 Å². The van der Waals surface area contributed by atoms with E-state index in [1.807, 2.05) is 32.0 Å². The smallest absolute Gasteiger partial charge is 0.166 e. The summed E-state index contributed by atoms with van der Waals surface area (Å²) in [5.41, 5.74) is 7.75. The Morgan fingerprint density at radius 3 is 2.74 bits per heavy atom. The second kappa shape index (κ2) is 7.07. The predicted molar refractivity (Wildman–Crippen MR) is 95.9 cm³/mol. The molecule has 0 saturated carbocycles. The summed E-state index contributed by atoms with van der Waals surface area (Å²) >= 11 is 9.82. The molecule has 2 aromatic rings. The number of nitrogens with zero attached hydrogens (tertiary/aromatic N) is 3. The molecule has 1 unspecified atom stereocenters. The van der Waals surface area contributed by atoms with Gasteiger partial charge in [-0.15, -0.1) is 0 Å². The Labute approximate surface area is 148 Å². The van der Waals surface area contributed by atoms with Crippen LogP contribution in [0.15, 0.2) is 28.9 Å². The number of anilines is 2. The van der Waals surface area contributed by atoms with Crippen LogP contribution in [0.4, 0.5) is 11.5 Å². The highest BCUT2D eigenvalue weighted by atomic mass is 79.9. The fourth-order valence-electron chi connectivity index (χ4n) is 2.20. The molecule has 0 aliphatic carbocycles. The highest BCUT2D eigenvalue weighted by Crippen LogP contribution is 2.37. The zero-order valence-corrected chi connectivity index (χ0v) is 15.3. The first-order valence-electron chi connectivity index (χ1n) is 6.82. The van der Waals surface area contributed by atoms with E-state index in [-0.39, 0.29) is 5.82 Å². The van der Waals surface area contributed by atoms with Crippen LogP contribution < -0.4 is 15.4 Å².